The van der Waals surface area contributed by atoms with Crippen molar-refractivity contribution in [2.75, 3.05) is 19.6 Å². The van der Waals surface area contributed by atoms with Crippen LogP contribution in [0.1, 0.15) is 58.8 Å². The number of hydrogen-bond acceptors (Lipinski definition) is 9. The third-order valence-corrected chi connectivity index (χ3v) is 8.49. The standard InChI is InChI=1S/C23H37N5O8S/c1-14(2)9-17(27-22(32)36-16-11-23(12-16)4-7-28(13-24)8-5-23)20(30)26-18(21(31)37(33,34)35)10-15-3-6-25-19(15)29/h14-18,21,31H,3-12H2,1-2H3,(H,25,29)(H,26,30)(H,27,32)(H,33,34,35)/t15-,17+,18+,21?/m1/s1. The number of likely N-dealkylation sites (tertiary alicyclic amines) is 1. The number of carbonyl (C=O) groups is 3. The van der Waals surface area contributed by atoms with Crippen molar-refractivity contribution in [3.05, 3.63) is 0 Å². The average molecular weight is 544 g/mol. The molecule has 2 saturated heterocycles. The summed E-state index contributed by atoms with van der Waals surface area (Å²) in [4.78, 5) is 39.4. The first kappa shape index (κ1) is 28.9. The summed E-state index contributed by atoms with van der Waals surface area (Å²) >= 11 is 0. The highest BCUT2D eigenvalue weighted by atomic mass is 32.2. The van der Waals surface area contributed by atoms with Crippen molar-refractivity contribution in [3.8, 4) is 6.19 Å². The molecule has 2 heterocycles. The van der Waals surface area contributed by atoms with Gasteiger partial charge in [-0.2, -0.15) is 13.7 Å². The highest BCUT2D eigenvalue weighted by Crippen LogP contribution is 2.50. The van der Waals surface area contributed by atoms with Crippen molar-refractivity contribution in [1.29, 1.82) is 5.26 Å². The van der Waals surface area contributed by atoms with E-state index in [1.807, 2.05) is 13.8 Å². The van der Waals surface area contributed by atoms with Gasteiger partial charge in [0.25, 0.3) is 10.1 Å². The van der Waals surface area contributed by atoms with Gasteiger partial charge in [0.05, 0.1) is 6.04 Å². The number of amides is 3. The van der Waals surface area contributed by atoms with Crippen LogP contribution in [0.3, 0.4) is 0 Å². The minimum Gasteiger partial charge on any atom is -0.446 e. The van der Waals surface area contributed by atoms with Crippen LogP contribution in [0.25, 0.3) is 0 Å². The van der Waals surface area contributed by atoms with Crippen LogP contribution in [0.2, 0.25) is 0 Å². The molecule has 3 amide bonds. The molecule has 0 aromatic rings. The van der Waals surface area contributed by atoms with Crippen LogP contribution in [0.5, 0.6) is 0 Å². The summed E-state index contributed by atoms with van der Waals surface area (Å²) in [5, 5.41) is 26.7. The maximum Gasteiger partial charge on any atom is 0.408 e. The third-order valence-electron chi connectivity index (χ3n) is 7.55. The quantitative estimate of drug-likeness (QED) is 0.186. The van der Waals surface area contributed by atoms with E-state index in [0.717, 1.165) is 12.8 Å². The number of aliphatic hydroxyl groups is 1. The van der Waals surface area contributed by atoms with Crippen LogP contribution in [0, 0.1) is 28.7 Å². The molecule has 1 spiro atoms. The Kier molecular flexibility index (Phi) is 9.25. The summed E-state index contributed by atoms with van der Waals surface area (Å²) in [5.41, 5.74) is -2.27. The number of aliphatic hydroxyl groups excluding tert-OH is 1. The van der Waals surface area contributed by atoms with E-state index in [0.29, 0.717) is 38.9 Å². The number of nitrogens with one attached hydrogen (secondary N) is 3. The van der Waals surface area contributed by atoms with Crippen LogP contribution in [-0.2, 0) is 24.4 Å². The van der Waals surface area contributed by atoms with Gasteiger partial charge in [-0.1, -0.05) is 13.8 Å². The molecule has 5 N–H and O–H groups in total. The number of nitriles is 1. The van der Waals surface area contributed by atoms with Gasteiger partial charge in [-0.3, -0.25) is 14.1 Å². The number of hydrogen-bond donors (Lipinski definition) is 5. The van der Waals surface area contributed by atoms with Crippen LogP contribution >= 0.6 is 0 Å². The second-order valence-corrected chi connectivity index (χ2v) is 12.4. The van der Waals surface area contributed by atoms with Gasteiger partial charge in [-0.25, -0.2) is 4.79 Å². The first-order valence-electron chi connectivity index (χ1n) is 12.7. The number of ether oxygens (including phenoxy) is 1. The number of nitrogens with zero attached hydrogens (tertiary/aromatic N) is 2. The molecule has 14 heteroatoms. The Balaban J connectivity index is 1.58. The lowest BCUT2D eigenvalue weighted by molar-refractivity contribution is -0.126. The average Bonchev–Trinajstić information content (AvgIpc) is 3.20. The Morgan fingerprint density at radius 1 is 1.27 bits per heavy atom. The highest BCUT2D eigenvalue weighted by molar-refractivity contribution is 7.86. The van der Waals surface area contributed by atoms with Crippen molar-refractivity contribution in [3.63, 3.8) is 0 Å². The second-order valence-electron chi connectivity index (χ2n) is 10.9. The summed E-state index contributed by atoms with van der Waals surface area (Å²) in [5.74, 6) is -1.77. The summed E-state index contributed by atoms with van der Waals surface area (Å²) in [6.45, 7) is 5.43. The van der Waals surface area contributed by atoms with E-state index < -0.39 is 45.6 Å². The van der Waals surface area contributed by atoms with Crippen LogP contribution < -0.4 is 16.0 Å². The molecule has 1 aliphatic carbocycles. The number of rotatable bonds is 10. The minimum absolute atomic E-state index is 0.0288. The monoisotopic (exact) mass is 543 g/mol. The van der Waals surface area contributed by atoms with Crippen LogP contribution in [0.15, 0.2) is 0 Å². The second kappa shape index (κ2) is 11.8. The lowest BCUT2D eigenvalue weighted by atomic mass is 9.61. The summed E-state index contributed by atoms with van der Waals surface area (Å²) in [7, 11) is -4.93. The maximum absolute atomic E-state index is 13.1. The van der Waals surface area contributed by atoms with Crippen molar-refractivity contribution in [2.45, 2.75) is 82.4 Å². The predicted octanol–water partition coefficient (Wildman–Crippen LogP) is 0.0702. The van der Waals surface area contributed by atoms with Crippen molar-refractivity contribution >= 4 is 28.0 Å². The van der Waals surface area contributed by atoms with Gasteiger partial charge in [0.2, 0.25) is 17.3 Å². The molecule has 37 heavy (non-hydrogen) atoms. The van der Waals surface area contributed by atoms with Gasteiger partial charge in [0.15, 0.2) is 6.19 Å². The van der Waals surface area contributed by atoms with Gasteiger partial charge in [-0.05, 0) is 56.3 Å². The molecule has 0 aromatic heterocycles. The summed E-state index contributed by atoms with van der Waals surface area (Å²) in [6, 6.07) is -2.55. The zero-order chi connectivity index (χ0) is 27.4. The third kappa shape index (κ3) is 7.68. The fourth-order valence-electron chi connectivity index (χ4n) is 5.42. The van der Waals surface area contributed by atoms with Crippen LogP contribution in [0.4, 0.5) is 4.79 Å². The normalized spacial score (nSPS) is 23.9. The van der Waals surface area contributed by atoms with E-state index in [1.165, 1.54) is 0 Å². The van der Waals surface area contributed by atoms with Gasteiger partial charge < -0.3 is 30.7 Å². The molecular formula is C23H37N5O8S. The SMILES string of the molecule is CC(C)C[C@H](NC(=O)OC1CC2(CCN(C#N)CC2)C1)C(=O)N[C@@H](C[C@H]1CCNC1=O)C(O)S(=O)(=O)O. The first-order chi connectivity index (χ1) is 17.3. The molecule has 3 aliphatic rings. The van der Waals surface area contributed by atoms with Crippen molar-refractivity contribution in [2.24, 2.45) is 17.3 Å². The van der Waals surface area contributed by atoms with E-state index >= 15 is 0 Å². The van der Waals surface area contributed by atoms with E-state index in [2.05, 4.69) is 22.1 Å². The van der Waals surface area contributed by atoms with E-state index in [4.69, 9.17) is 10.00 Å². The summed E-state index contributed by atoms with van der Waals surface area (Å²) in [6.07, 6.45) is 4.55. The first-order valence-corrected chi connectivity index (χ1v) is 14.2. The molecule has 208 valence electrons. The Morgan fingerprint density at radius 3 is 2.43 bits per heavy atom. The highest BCUT2D eigenvalue weighted by Gasteiger charge is 2.48. The molecule has 2 aliphatic heterocycles. The number of alkyl carbamates (subject to hydrolysis) is 1. The molecule has 4 atom stereocenters. The van der Waals surface area contributed by atoms with Crippen molar-refractivity contribution in [1.82, 2.24) is 20.9 Å². The molecule has 0 aromatic carbocycles. The zero-order valence-corrected chi connectivity index (χ0v) is 22.0. The molecule has 3 fully saturated rings. The minimum atomic E-state index is -4.93. The topological polar surface area (TPSA) is 198 Å². The van der Waals surface area contributed by atoms with Crippen molar-refractivity contribution < 1.29 is 37.2 Å². The van der Waals surface area contributed by atoms with Gasteiger partial charge in [0, 0.05) is 25.6 Å². The molecule has 0 radical (unpaired) electrons. The Labute approximate surface area is 217 Å². The molecule has 0 bridgehead atoms. The smallest absolute Gasteiger partial charge is 0.408 e. The lowest BCUT2D eigenvalue weighted by Gasteiger charge is -2.50. The zero-order valence-electron chi connectivity index (χ0n) is 21.2. The van der Waals surface area contributed by atoms with E-state index in [1.54, 1.807) is 4.90 Å². The van der Waals surface area contributed by atoms with E-state index in [9.17, 15) is 32.5 Å². The van der Waals surface area contributed by atoms with Gasteiger partial charge >= 0.3 is 6.09 Å². The Bertz CT molecular complexity index is 997. The number of piperidine rings is 1. The van der Waals surface area contributed by atoms with Crippen LogP contribution in [-0.4, -0.2) is 84.1 Å². The maximum atomic E-state index is 13.1. The molecule has 1 saturated carbocycles. The summed E-state index contributed by atoms with van der Waals surface area (Å²) < 4.78 is 38.1. The fourth-order valence-corrected chi connectivity index (χ4v) is 6.02. The van der Waals surface area contributed by atoms with E-state index in [-0.39, 0.29) is 36.2 Å². The molecular weight excluding hydrogens is 506 g/mol. The lowest BCUT2D eigenvalue weighted by Crippen LogP contribution is -2.56. The number of carbonyl (C=O) groups excluding carboxylic acids is 3. The largest absolute Gasteiger partial charge is 0.446 e. The van der Waals surface area contributed by atoms with Gasteiger partial charge in [0.1, 0.15) is 12.1 Å². The van der Waals surface area contributed by atoms with Gasteiger partial charge in [-0.15, -0.1) is 0 Å². The Morgan fingerprint density at radius 2 is 1.92 bits per heavy atom. The Hall–Kier alpha value is -2.63. The fraction of sp³-hybridized carbons (Fsp3) is 0.826. The predicted molar refractivity (Wildman–Crippen MR) is 130 cm³/mol. The molecule has 1 unspecified atom stereocenters. The molecule has 3 rings (SSSR count). The molecule has 13 nitrogen and oxygen atoms in total.